The van der Waals surface area contributed by atoms with Gasteiger partial charge in [-0.2, -0.15) is 0 Å². The average Bonchev–Trinajstić information content (AvgIpc) is 2.69. The number of nitrogens with zero attached hydrogens (tertiary/aromatic N) is 3. The van der Waals surface area contributed by atoms with Gasteiger partial charge in [-0.1, -0.05) is 0 Å². The number of hydrogen-bond donors (Lipinski definition) is 1. The van der Waals surface area contributed by atoms with Crippen molar-refractivity contribution in [3.63, 3.8) is 0 Å². The summed E-state index contributed by atoms with van der Waals surface area (Å²) in [6, 6.07) is 7.73. The molecule has 2 heterocycles. The quantitative estimate of drug-likeness (QED) is 0.873. The molecule has 1 aliphatic heterocycles. The maximum atomic E-state index is 12.5. The van der Waals surface area contributed by atoms with Crippen LogP contribution in [-0.4, -0.2) is 72.1 Å². The highest BCUT2D eigenvalue weighted by Gasteiger charge is 2.24. The van der Waals surface area contributed by atoms with Crippen LogP contribution in [0.25, 0.3) is 10.9 Å². The van der Waals surface area contributed by atoms with Gasteiger partial charge in [0.15, 0.2) is 0 Å². The summed E-state index contributed by atoms with van der Waals surface area (Å²) in [7, 11) is 1.61. The lowest BCUT2D eigenvalue weighted by Crippen LogP contribution is -2.52. The summed E-state index contributed by atoms with van der Waals surface area (Å²) < 4.78 is 5.21. The number of methoxy groups -OCH3 is 1. The van der Waals surface area contributed by atoms with Crippen molar-refractivity contribution in [2.45, 2.75) is 20.4 Å². The molecule has 0 saturated carbocycles. The summed E-state index contributed by atoms with van der Waals surface area (Å²) in [4.78, 5) is 33.8. The van der Waals surface area contributed by atoms with E-state index in [1.165, 1.54) is 0 Å². The second kappa shape index (κ2) is 8.43. The number of fused-ring (bicyclic) bond motifs is 1. The van der Waals surface area contributed by atoms with Gasteiger partial charge in [0.1, 0.15) is 5.75 Å². The van der Waals surface area contributed by atoms with Crippen molar-refractivity contribution >= 4 is 16.9 Å². The van der Waals surface area contributed by atoms with Crippen LogP contribution in [0.4, 0.5) is 4.79 Å². The molecule has 27 heavy (non-hydrogen) atoms. The fraction of sp³-hybridized carbons (Fsp3) is 0.500. The first kappa shape index (κ1) is 19.2. The van der Waals surface area contributed by atoms with Crippen LogP contribution in [0, 0.1) is 0 Å². The second-order valence-corrected chi connectivity index (χ2v) is 6.79. The zero-order valence-electron chi connectivity index (χ0n) is 16.3. The van der Waals surface area contributed by atoms with Gasteiger partial charge in [0, 0.05) is 57.4 Å². The van der Waals surface area contributed by atoms with E-state index in [2.05, 4.69) is 9.88 Å². The Hall–Kier alpha value is -2.54. The number of ether oxygens (including phenoxy) is 1. The molecule has 0 spiro atoms. The normalized spacial score (nSPS) is 15.1. The van der Waals surface area contributed by atoms with Gasteiger partial charge in [-0.05, 0) is 37.4 Å². The van der Waals surface area contributed by atoms with E-state index in [9.17, 15) is 9.59 Å². The SMILES string of the molecule is CCN(CC)C(=O)N1CCN(Cc2cc3ccc(OC)cc3[nH]c2=O)CC1. The first-order valence-corrected chi connectivity index (χ1v) is 9.51. The highest BCUT2D eigenvalue weighted by molar-refractivity contribution is 5.80. The van der Waals surface area contributed by atoms with Crippen LogP contribution in [0.3, 0.4) is 0 Å². The number of H-pyrrole nitrogens is 1. The minimum absolute atomic E-state index is 0.0719. The third-order valence-electron chi connectivity index (χ3n) is 5.20. The predicted molar refractivity (Wildman–Crippen MR) is 106 cm³/mol. The molecule has 1 aliphatic rings. The summed E-state index contributed by atoms with van der Waals surface area (Å²) in [5.74, 6) is 0.722. The summed E-state index contributed by atoms with van der Waals surface area (Å²) >= 11 is 0. The monoisotopic (exact) mass is 372 g/mol. The first-order valence-electron chi connectivity index (χ1n) is 9.51. The summed E-state index contributed by atoms with van der Waals surface area (Å²) in [6.45, 7) is 8.97. The topological polar surface area (TPSA) is 68.9 Å². The van der Waals surface area contributed by atoms with Crippen LogP contribution in [0.2, 0.25) is 0 Å². The second-order valence-electron chi connectivity index (χ2n) is 6.79. The number of piperazine rings is 1. The number of rotatable bonds is 5. The molecule has 0 atom stereocenters. The van der Waals surface area contributed by atoms with E-state index in [4.69, 9.17) is 4.74 Å². The van der Waals surface area contributed by atoms with Gasteiger partial charge in [-0.15, -0.1) is 0 Å². The molecule has 146 valence electrons. The summed E-state index contributed by atoms with van der Waals surface area (Å²) in [6.07, 6.45) is 0. The molecule has 7 nitrogen and oxygen atoms in total. The number of aromatic nitrogens is 1. The lowest BCUT2D eigenvalue weighted by Gasteiger charge is -2.37. The van der Waals surface area contributed by atoms with Crippen molar-refractivity contribution in [1.82, 2.24) is 19.7 Å². The Balaban J connectivity index is 1.66. The molecular formula is C20H28N4O3. The molecule has 1 aromatic carbocycles. The Bertz CT molecular complexity index is 852. The molecule has 3 rings (SSSR count). The largest absolute Gasteiger partial charge is 0.497 e. The number of aromatic amines is 1. The van der Waals surface area contributed by atoms with Gasteiger partial charge in [-0.3, -0.25) is 9.69 Å². The van der Waals surface area contributed by atoms with Gasteiger partial charge >= 0.3 is 6.03 Å². The highest BCUT2D eigenvalue weighted by Crippen LogP contribution is 2.19. The van der Waals surface area contributed by atoms with Crippen molar-refractivity contribution in [3.05, 3.63) is 40.2 Å². The molecule has 2 amide bonds. The number of urea groups is 1. The number of carbonyl (C=O) groups excluding carboxylic acids is 1. The number of benzene rings is 1. The van der Waals surface area contributed by atoms with Crippen LogP contribution in [0.15, 0.2) is 29.1 Å². The zero-order valence-corrected chi connectivity index (χ0v) is 16.3. The van der Waals surface area contributed by atoms with Gasteiger partial charge < -0.3 is 19.5 Å². The van der Waals surface area contributed by atoms with E-state index in [0.29, 0.717) is 19.6 Å². The Morgan fingerprint density at radius 2 is 1.85 bits per heavy atom. The van der Waals surface area contributed by atoms with E-state index in [-0.39, 0.29) is 11.6 Å². The third-order valence-corrected chi connectivity index (χ3v) is 5.20. The maximum absolute atomic E-state index is 12.5. The smallest absolute Gasteiger partial charge is 0.320 e. The van der Waals surface area contributed by atoms with Gasteiger partial charge in [0.05, 0.1) is 12.6 Å². The standard InChI is InChI=1S/C20H28N4O3/c1-4-23(5-2)20(26)24-10-8-22(9-11-24)14-16-12-15-6-7-17(27-3)13-18(15)21-19(16)25/h6-7,12-13H,4-5,8-11,14H2,1-3H3,(H,21,25). The highest BCUT2D eigenvalue weighted by atomic mass is 16.5. The van der Waals surface area contributed by atoms with Crippen LogP contribution in [0.5, 0.6) is 5.75 Å². The van der Waals surface area contributed by atoms with Crippen molar-refractivity contribution in [2.75, 3.05) is 46.4 Å². The molecule has 0 unspecified atom stereocenters. The van der Waals surface area contributed by atoms with Crippen LogP contribution >= 0.6 is 0 Å². The van der Waals surface area contributed by atoms with Crippen molar-refractivity contribution < 1.29 is 9.53 Å². The Labute approximate surface area is 159 Å². The Morgan fingerprint density at radius 1 is 1.15 bits per heavy atom. The molecule has 1 N–H and O–H groups in total. The van der Waals surface area contributed by atoms with Crippen molar-refractivity contribution in [3.8, 4) is 5.75 Å². The van der Waals surface area contributed by atoms with E-state index < -0.39 is 0 Å². The maximum Gasteiger partial charge on any atom is 0.320 e. The van der Waals surface area contributed by atoms with Crippen molar-refractivity contribution in [1.29, 1.82) is 0 Å². The molecule has 1 aromatic heterocycles. The fourth-order valence-electron chi connectivity index (χ4n) is 3.50. The van der Waals surface area contributed by atoms with Gasteiger partial charge in [0.25, 0.3) is 5.56 Å². The Kier molecular flexibility index (Phi) is 6.01. The van der Waals surface area contributed by atoms with E-state index in [1.54, 1.807) is 7.11 Å². The molecule has 1 saturated heterocycles. The minimum Gasteiger partial charge on any atom is -0.497 e. The zero-order chi connectivity index (χ0) is 19.4. The van der Waals surface area contributed by atoms with Gasteiger partial charge in [0.2, 0.25) is 0 Å². The predicted octanol–water partition coefficient (Wildman–Crippen LogP) is 2.12. The Morgan fingerprint density at radius 3 is 2.48 bits per heavy atom. The molecule has 0 bridgehead atoms. The van der Waals surface area contributed by atoms with Gasteiger partial charge in [-0.25, -0.2) is 4.79 Å². The number of amides is 2. The van der Waals surface area contributed by atoms with Crippen molar-refractivity contribution in [2.24, 2.45) is 0 Å². The summed E-state index contributed by atoms with van der Waals surface area (Å²) in [5.41, 5.74) is 1.45. The van der Waals surface area contributed by atoms with Crippen LogP contribution in [-0.2, 0) is 6.54 Å². The van der Waals surface area contributed by atoms with E-state index in [0.717, 1.165) is 48.4 Å². The molecule has 0 aliphatic carbocycles. The lowest BCUT2D eigenvalue weighted by atomic mass is 10.1. The third kappa shape index (κ3) is 4.24. The molecule has 1 fully saturated rings. The number of pyridine rings is 1. The molecule has 2 aromatic rings. The lowest BCUT2D eigenvalue weighted by molar-refractivity contribution is 0.112. The summed E-state index contributed by atoms with van der Waals surface area (Å²) in [5, 5.41) is 0.987. The van der Waals surface area contributed by atoms with E-state index >= 15 is 0 Å². The van der Waals surface area contributed by atoms with Crippen LogP contribution < -0.4 is 10.3 Å². The number of hydrogen-bond acceptors (Lipinski definition) is 4. The number of carbonyl (C=O) groups is 1. The molecule has 0 radical (unpaired) electrons. The number of nitrogens with one attached hydrogen (secondary N) is 1. The molecular weight excluding hydrogens is 344 g/mol. The average molecular weight is 372 g/mol. The minimum atomic E-state index is -0.0719. The van der Waals surface area contributed by atoms with Crippen LogP contribution in [0.1, 0.15) is 19.4 Å². The molecule has 7 heteroatoms. The fourth-order valence-corrected chi connectivity index (χ4v) is 3.50. The first-order chi connectivity index (χ1) is 13.0. The van der Waals surface area contributed by atoms with E-state index in [1.807, 2.05) is 47.9 Å².